The van der Waals surface area contributed by atoms with Crippen LogP contribution in [0.1, 0.15) is 88.1 Å². The second kappa shape index (κ2) is 15.1. The molecule has 9 heteroatoms. The highest BCUT2D eigenvalue weighted by molar-refractivity contribution is 5.96. The van der Waals surface area contributed by atoms with Crippen molar-refractivity contribution in [3.8, 4) is 17.2 Å². The minimum atomic E-state index is -1.58. The molecule has 1 atom stereocenters. The average molecular weight is 538 g/mol. The number of nitrogens with zero attached hydrogens (tertiary/aromatic N) is 4. The quantitative estimate of drug-likeness (QED) is 0.215. The highest BCUT2D eigenvalue weighted by Crippen LogP contribution is 2.48. The van der Waals surface area contributed by atoms with E-state index < -0.39 is 11.3 Å². The number of benzene rings is 2. The van der Waals surface area contributed by atoms with Crippen LogP contribution in [-0.4, -0.2) is 47.4 Å². The molecule has 2 aromatic carbocycles. The van der Waals surface area contributed by atoms with Crippen molar-refractivity contribution >= 4 is 5.91 Å². The summed E-state index contributed by atoms with van der Waals surface area (Å²) in [7, 11) is 4.61. The zero-order valence-electron chi connectivity index (χ0n) is 23.8. The number of aromatic nitrogens is 4. The molecule has 0 saturated carbocycles. The van der Waals surface area contributed by atoms with E-state index in [0.29, 0.717) is 40.7 Å². The number of rotatable bonds is 18. The molecule has 0 aliphatic rings. The van der Waals surface area contributed by atoms with Gasteiger partial charge in [0.05, 0.1) is 26.9 Å². The summed E-state index contributed by atoms with van der Waals surface area (Å²) in [6.07, 6.45) is 12.2. The van der Waals surface area contributed by atoms with Crippen LogP contribution < -0.4 is 19.9 Å². The molecular formula is C30H43N5O4. The first-order valence-corrected chi connectivity index (χ1v) is 14.0. The number of amides is 1. The predicted molar refractivity (Wildman–Crippen MR) is 151 cm³/mol. The number of carbonyl (C=O) groups excluding carboxylic acids is 1. The van der Waals surface area contributed by atoms with E-state index in [9.17, 15) is 4.79 Å². The molecule has 3 aromatic rings. The molecule has 0 aliphatic carbocycles. The molecule has 1 heterocycles. The van der Waals surface area contributed by atoms with Gasteiger partial charge in [-0.1, -0.05) is 95.0 Å². The number of carbonyl (C=O) groups is 1. The average Bonchev–Trinajstić information content (AvgIpc) is 3.43. The fourth-order valence-electron chi connectivity index (χ4n) is 5.20. The second-order valence-electron chi connectivity index (χ2n) is 9.79. The molecule has 1 aromatic heterocycles. The van der Waals surface area contributed by atoms with Crippen LogP contribution in [0.3, 0.4) is 0 Å². The summed E-state index contributed by atoms with van der Waals surface area (Å²) >= 11 is 0. The van der Waals surface area contributed by atoms with Crippen LogP contribution in [0.15, 0.2) is 42.5 Å². The summed E-state index contributed by atoms with van der Waals surface area (Å²) in [5.41, 5.74) is 5.73. The van der Waals surface area contributed by atoms with Gasteiger partial charge in [-0.15, -0.1) is 5.10 Å². The third-order valence-corrected chi connectivity index (χ3v) is 7.26. The lowest BCUT2D eigenvalue weighted by Crippen LogP contribution is -2.46. The molecule has 0 bridgehead atoms. The number of hydrogen-bond acceptors (Lipinski definition) is 7. The summed E-state index contributed by atoms with van der Waals surface area (Å²) in [6, 6.07) is 12.7. The number of unbranched alkanes of at least 4 members (excludes halogenated alkanes) is 9. The third kappa shape index (κ3) is 6.88. The molecule has 1 unspecified atom stereocenters. The van der Waals surface area contributed by atoms with E-state index in [2.05, 4.69) is 22.4 Å². The van der Waals surface area contributed by atoms with Crippen LogP contribution in [0.4, 0.5) is 0 Å². The number of ether oxygens (including phenoxy) is 3. The van der Waals surface area contributed by atoms with Crippen molar-refractivity contribution in [3.05, 3.63) is 59.4 Å². The predicted octanol–water partition coefficient (Wildman–Crippen LogP) is 5.44. The standard InChI is InChI=1S/C30H43N5O4/c1-5-6-7-8-9-10-11-12-13-17-20-35-29(32-33-34-35)30(28(31)36,23-18-15-14-16-19-23)27-25(38-3)21-24(37-2)22-26(27)39-4/h14-16,18-19,21-22H,5-13,17,20H2,1-4H3,(H2,31,36). The minimum Gasteiger partial charge on any atom is -0.496 e. The lowest BCUT2D eigenvalue weighted by molar-refractivity contribution is -0.121. The Kier molecular flexibility index (Phi) is 11.6. The molecular weight excluding hydrogens is 494 g/mol. The third-order valence-electron chi connectivity index (χ3n) is 7.26. The van der Waals surface area contributed by atoms with Crippen molar-refractivity contribution in [2.75, 3.05) is 21.3 Å². The summed E-state index contributed by atoms with van der Waals surface area (Å²) in [6.45, 7) is 2.80. The van der Waals surface area contributed by atoms with Gasteiger partial charge in [0.2, 0.25) is 5.91 Å². The molecule has 2 N–H and O–H groups in total. The molecule has 9 nitrogen and oxygen atoms in total. The Labute approximate surface area is 232 Å². The molecule has 0 fully saturated rings. The van der Waals surface area contributed by atoms with Gasteiger partial charge in [0.1, 0.15) is 17.2 Å². The van der Waals surface area contributed by atoms with Crippen LogP contribution in [-0.2, 0) is 16.8 Å². The molecule has 0 saturated heterocycles. The zero-order chi connectivity index (χ0) is 28.1. The van der Waals surface area contributed by atoms with Crippen LogP contribution >= 0.6 is 0 Å². The smallest absolute Gasteiger partial charge is 0.240 e. The van der Waals surface area contributed by atoms with Crippen molar-refractivity contribution in [1.29, 1.82) is 0 Å². The minimum absolute atomic E-state index is 0.318. The maximum atomic E-state index is 13.7. The molecule has 0 aliphatic heterocycles. The van der Waals surface area contributed by atoms with Gasteiger partial charge >= 0.3 is 0 Å². The van der Waals surface area contributed by atoms with Crippen LogP contribution in [0, 0.1) is 0 Å². The van der Waals surface area contributed by atoms with Crippen molar-refractivity contribution in [3.63, 3.8) is 0 Å². The SMILES string of the molecule is CCCCCCCCCCCCn1nnnc1C(C(N)=O)(c1ccccc1)c1c(OC)cc(OC)cc1OC. The normalized spacial score (nSPS) is 12.6. The van der Waals surface area contributed by atoms with Gasteiger partial charge in [0.15, 0.2) is 11.2 Å². The number of nitrogens with two attached hydrogens (primary N) is 1. The van der Waals surface area contributed by atoms with Crippen LogP contribution in [0.25, 0.3) is 0 Å². The fourth-order valence-corrected chi connectivity index (χ4v) is 5.20. The Morgan fingerprint density at radius 1 is 0.846 bits per heavy atom. The fraction of sp³-hybridized carbons (Fsp3) is 0.533. The van der Waals surface area contributed by atoms with E-state index in [4.69, 9.17) is 19.9 Å². The number of hydrogen-bond donors (Lipinski definition) is 1. The summed E-state index contributed by atoms with van der Waals surface area (Å²) in [5.74, 6) is 0.946. The largest absolute Gasteiger partial charge is 0.496 e. The van der Waals surface area contributed by atoms with Crippen molar-refractivity contribution in [2.24, 2.45) is 5.73 Å². The molecule has 0 radical (unpaired) electrons. The van der Waals surface area contributed by atoms with Crippen molar-refractivity contribution < 1.29 is 19.0 Å². The summed E-state index contributed by atoms with van der Waals surface area (Å²) in [5, 5.41) is 12.6. The topological polar surface area (TPSA) is 114 Å². The highest BCUT2D eigenvalue weighted by atomic mass is 16.5. The van der Waals surface area contributed by atoms with Crippen molar-refractivity contribution in [1.82, 2.24) is 20.2 Å². The maximum absolute atomic E-state index is 13.7. The van der Waals surface area contributed by atoms with E-state index >= 15 is 0 Å². The van der Waals surface area contributed by atoms with Gasteiger partial charge in [-0.2, -0.15) is 0 Å². The maximum Gasteiger partial charge on any atom is 0.240 e. The number of tetrazole rings is 1. The van der Waals surface area contributed by atoms with Gasteiger partial charge in [0.25, 0.3) is 0 Å². The van der Waals surface area contributed by atoms with Gasteiger partial charge in [-0.05, 0) is 22.4 Å². The Balaban J connectivity index is 1.94. The molecule has 0 spiro atoms. The van der Waals surface area contributed by atoms with E-state index in [1.165, 1.54) is 59.2 Å². The first kappa shape index (κ1) is 29.9. The van der Waals surface area contributed by atoms with Gasteiger partial charge < -0.3 is 19.9 Å². The van der Waals surface area contributed by atoms with E-state index in [1.54, 1.807) is 23.9 Å². The Bertz CT molecular complexity index is 1140. The Hall–Kier alpha value is -3.62. The monoisotopic (exact) mass is 537 g/mol. The van der Waals surface area contributed by atoms with Crippen LogP contribution in [0.5, 0.6) is 17.2 Å². The van der Waals surface area contributed by atoms with Crippen molar-refractivity contribution in [2.45, 2.75) is 83.1 Å². The lowest BCUT2D eigenvalue weighted by atomic mass is 9.72. The first-order chi connectivity index (χ1) is 19.0. The van der Waals surface area contributed by atoms with Crippen LogP contribution in [0.2, 0.25) is 0 Å². The van der Waals surface area contributed by atoms with Gasteiger partial charge in [-0.25, -0.2) is 4.68 Å². The van der Waals surface area contributed by atoms with Gasteiger partial charge in [0, 0.05) is 18.7 Å². The Morgan fingerprint density at radius 3 is 1.92 bits per heavy atom. The number of methoxy groups -OCH3 is 3. The molecule has 212 valence electrons. The van der Waals surface area contributed by atoms with E-state index in [0.717, 1.165) is 19.3 Å². The van der Waals surface area contributed by atoms with E-state index in [-0.39, 0.29) is 0 Å². The second-order valence-corrected chi connectivity index (χ2v) is 9.79. The highest BCUT2D eigenvalue weighted by Gasteiger charge is 2.51. The van der Waals surface area contributed by atoms with Gasteiger partial charge in [-0.3, -0.25) is 4.79 Å². The molecule has 1 amide bonds. The summed E-state index contributed by atoms with van der Waals surface area (Å²) in [4.78, 5) is 13.7. The first-order valence-electron chi connectivity index (χ1n) is 14.0. The summed E-state index contributed by atoms with van der Waals surface area (Å²) < 4.78 is 18.7. The van der Waals surface area contributed by atoms with E-state index in [1.807, 2.05) is 30.3 Å². The lowest BCUT2D eigenvalue weighted by Gasteiger charge is -2.33. The number of aryl methyl sites for hydroxylation is 1. The molecule has 3 rings (SSSR count). The molecule has 39 heavy (non-hydrogen) atoms. The Morgan fingerprint density at radius 2 is 1.41 bits per heavy atom. The zero-order valence-corrected chi connectivity index (χ0v) is 23.8. The number of primary amides is 1.